The third-order valence-corrected chi connectivity index (χ3v) is 6.21. The summed E-state index contributed by atoms with van der Waals surface area (Å²) in [4.78, 5) is 0.969. The summed E-state index contributed by atoms with van der Waals surface area (Å²) in [7, 11) is 0. The second kappa shape index (κ2) is 6.74. The second-order valence-electron chi connectivity index (χ2n) is 5.25. The molecule has 3 aromatic heterocycles. The van der Waals surface area contributed by atoms with Gasteiger partial charge in [0.1, 0.15) is 5.82 Å². The molecule has 120 valence electrons. The minimum Gasteiger partial charge on any atom is -0.419 e. The molecular weight excluding hydrogens is 398 g/mol. The van der Waals surface area contributed by atoms with E-state index in [2.05, 4.69) is 40.9 Å². The molecule has 0 spiro atoms. The third kappa shape index (κ3) is 3.36. The van der Waals surface area contributed by atoms with Gasteiger partial charge >= 0.3 is 0 Å². The van der Waals surface area contributed by atoms with Crippen LogP contribution < -0.4 is 0 Å². The summed E-state index contributed by atoms with van der Waals surface area (Å²) >= 11 is 6.62. The minimum absolute atomic E-state index is 0.566. The number of nitrogens with zero attached hydrogens (tertiary/aromatic N) is 5. The molecule has 0 N–H and O–H groups in total. The zero-order valence-electron chi connectivity index (χ0n) is 12.2. The average molecular weight is 412 g/mol. The lowest BCUT2D eigenvalue weighted by Crippen LogP contribution is -2.02. The standard InChI is InChI=1S/C14H14BrN5OS2/c15-10-6-5-9(23-10)13-18-17-12(21-13)8-22-14-19-16-11-4-2-1-3-7-20(11)14/h5-6H,1-4,7-8H2. The predicted molar refractivity (Wildman–Crippen MR) is 92.4 cm³/mol. The van der Waals surface area contributed by atoms with Crippen molar-refractivity contribution in [3.8, 4) is 10.8 Å². The van der Waals surface area contributed by atoms with Crippen molar-refractivity contribution in [3.63, 3.8) is 0 Å². The Balaban J connectivity index is 1.46. The van der Waals surface area contributed by atoms with E-state index in [4.69, 9.17) is 4.42 Å². The summed E-state index contributed by atoms with van der Waals surface area (Å²) in [6.45, 7) is 1.00. The topological polar surface area (TPSA) is 69.6 Å². The lowest BCUT2D eigenvalue weighted by atomic mass is 10.2. The highest BCUT2D eigenvalue weighted by atomic mass is 79.9. The van der Waals surface area contributed by atoms with Crippen molar-refractivity contribution in [1.82, 2.24) is 25.0 Å². The van der Waals surface area contributed by atoms with E-state index in [1.807, 2.05) is 12.1 Å². The van der Waals surface area contributed by atoms with Crippen LogP contribution in [0.3, 0.4) is 0 Å². The van der Waals surface area contributed by atoms with Gasteiger partial charge in [-0.3, -0.25) is 0 Å². The number of thioether (sulfide) groups is 1. The zero-order valence-corrected chi connectivity index (χ0v) is 15.5. The maximum Gasteiger partial charge on any atom is 0.257 e. The fourth-order valence-electron chi connectivity index (χ4n) is 2.53. The van der Waals surface area contributed by atoms with E-state index in [1.54, 1.807) is 23.1 Å². The number of hydrogen-bond acceptors (Lipinski definition) is 7. The van der Waals surface area contributed by atoms with E-state index in [-0.39, 0.29) is 0 Å². The van der Waals surface area contributed by atoms with Gasteiger partial charge in [0.05, 0.1) is 14.4 Å². The van der Waals surface area contributed by atoms with Crippen LogP contribution in [0.15, 0.2) is 25.5 Å². The van der Waals surface area contributed by atoms with Crippen LogP contribution in [-0.2, 0) is 18.7 Å². The molecule has 0 aromatic carbocycles. The van der Waals surface area contributed by atoms with Crippen LogP contribution in [0, 0.1) is 0 Å². The molecule has 0 fully saturated rings. The predicted octanol–water partition coefficient (Wildman–Crippen LogP) is 4.17. The first-order valence-electron chi connectivity index (χ1n) is 7.42. The summed E-state index contributed by atoms with van der Waals surface area (Å²) in [6, 6.07) is 3.95. The Morgan fingerprint density at radius 2 is 2.13 bits per heavy atom. The second-order valence-corrected chi connectivity index (χ2v) is 8.66. The lowest BCUT2D eigenvalue weighted by molar-refractivity contribution is 0.528. The van der Waals surface area contributed by atoms with Crippen LogP contribution >= 0.6 is 39.0 Å². The van der Waals surface area contributed by atoms with E-state index in [1.165, 1.54) is 19.3 Å². The quantitative estimate of drug-likeness (QED) is 0.599. The number of halogens is 1. The first kappa shape index (κ1) is 15.3. The van der Waals surface area contributed by atoms with Gasteiger partial charge in [0.25, 0.3) is 5.89 Å². The Bertz CT molecular complexity index is 812. The van der Waals surface area contributed by atoms with Crippen LogP contribution in [0.2, 0.25) is 0 Å². The van der Waals surface area contributed by atoms with Gasteiger partial charge < -0.3 is 8.98 Å². The van der Waals surface area contributed by atoms with Crippen LogP contribution in [0.25, 0.3) is 10.8 Å². The molecular formula is C14H14BrN5OS2. The largest absolute Gasteiger partial charge is 0.419 e. The monoisotopic (exact) mass is 411 g/mol. The van der Waals surface area contributed by atoms with Gasteiger partial charge in [0, 0.05) is 13.0 Å². The van der Waals surface area contributed by atoms with Crippen molar-refractivity contribution in [3.05, 3.63) is 27.6 Å². The molecule has 1 aliphatic rings. The van der Waals surface area contributed by atoms with Crippen molar-refractivity contribution in [2.45, 2.75) is 43.1 Å². The fourth-order valence-corrected chi connectivity index (χ4v) is 4.66. The van der Waals surface area contributed by atoms with Gasteiger partial charge in [-0.1, -0.05) is 18.2 Å². The highest BCUT2D eigenvalue weighted by Crippen LogP contribution is 2.31. The number of fused-ring (bicyclic) bond motifs is 1. The van der Waals surface area contributed by atoms with E-state index in [0.29, 0.717) is 17.5 Å². The maximum absolute atomic E-state index is 5.74. The fraction of sp³-hybridized carbons (Fsp3) is 0.429. The normalized spacial score (nSPS) is 14.7. The molecule has 0 saturated carbocycles. The molecule has 23 heavy (non-hydrogen) atoms. The van der Waals surface area contributed by atoms with Gasteiger partial charge in [-0.15, -0.1) is 31.7 Å². The van der Waals surface area contributed by atoms with Crippen LogP contribution in [0.4, 0.5) is 0 Å². The van der Waals surface area contributed by atoms with Gasteiger partial charge in [0.2, 0.25) is 5.89 Å². The first-order chi connectivity index (χ1) is 11.3. The van der Waals surface area contributed by atoms with Crippen LogP contribution in [0.1, 0.15) is 31.0 Å². The minimum atomic E-state index is 0.566. The summed E-state index contributed by atoms with van der Waals surface area (Å²) in [5, 5.41) is 17.8. The maximum atomic E-state index is 5.74. The molecule has 0 atom stereocenters. The number of aryl methyl sites for hydroxylation is 1. The van der Waals surface area contributed by atoms with Gasteiger partial charge in [-0.2, -0.15) is 0 Å². The first-order valence-corrected chi connectivity index (χ1v) is 10.0. The molecule has 6 nitrogen and oxygen atoms in total. The Morgan fingerprint density at radius 3 is 3.00 bits per heavy atom. The SMILES string of the molecule is Brc1ccc(-c2nnc(CSc3nnc4n3CCCCC4)o2)s1. The molecule has 0 aliphatic carbocycles. The molecule has 0 saturated heterocycles. The smallest absolute Gasteiger partial charge is 0.257 e. The van der Waals surface area contributed by atoms with Crippen LogP contribution in [0.5, 0.6) is 0 Å². The molecule has 0 amide bonds. The Kier molecular flexibility index (Phi) is 4.50. The third-order valence-electron chi connectivity index (χ3n) is 3.65. The Labute approximate surface area is 149 Å². The number of rotatable bonds is 4. The number of aromatic nitrogens is 5. The molecule has 4 rings (SSSR count). The Morgan fingerprint density at radius 1 is 1.17 bits per heavy atom. The van der Waals surface area contributed by atoms with E-state index < -0.39 is 0 Å². The summed E-state index contributed by atoms with van der Waals surface area (Å²) in [5.74, 6) is 2.88. The average Bonchev–Trinajstić information content (AvgIpc) is 3.23. The van der Waals surface area contributed by atoms with E-state index in [9.17, 15) is 0 Å². The molecule has 9 heteroatoms. The number of thiophene rings is 1. The highest BCUT2D eigenvalue weighted by molar-refractivity contribution is 9.11. The molecule has 0 radical (unpaired) electrons. The van der Waals surface area contributed by atoms with Crippen molar-refractivity contribution < 1.29 is 4.42 Å². The molecule has 4 heterocycles. The Hall–Kier alpha value is -1.19. The van der Waals surface area contributed by atoms with Gasteiger partial charge in [-0.25, -0.2) is 0 Å². The van der Waals surface area contributed by atoms with Crippen molar-refractivity contribution >= 4 is 39.0 Å². The van der Waals surface area contributed by atoms with Gasteiger partial charge in [0.15, 0.2) is 5.16 Å². The molecule has 0 bridgehead atoms. The van der Waals surface area contributed by atoms with Crippen molar-refractivity contribution in [1.29, 1.82) is 0 Å². The molecule has 3 aromatic rings. The summed E-state index contributed by atoms with van der Waals surface area (Å²) < 4.78 is 9.02. The number of hydrogen-bond donors (Lipinski definition) is 0. The zero-order chi connectivity index (χ0) is 15.6. The summed E-state index contributed by atoms with van der Waals surface area (Å²) in [5.41, 5.74) is 0. The van der Waals surface area contributed by atoms with E-state index in [0.717, 1.165) is 32.6 Å². The highest BCUT2D eigenvalue weighted by Gasteiger charge is 2.17. The summed E-state index contributed by atoms with van der Waals surface area (Å²) in [6.07, 6.45) is 4.67. The lowest BCUT2D eigenvalue weighted by Gasteiger charge is -2.04. The van der Waals surface area contributed by atoms with Crippen LogP contribution in [-0.4, -0.2) is 25.0 Å². The molecule has 0 unspecified atom stereocenters. The molecule has 1 aliphatic heterocycles. The van der Waals surface area contributed by atoms with Crippen molar-refractivity contribution in [2.24, 2.45) is 0 Å². The van der Waals surface area contributed by atoms with Gasteiger partial charge in [-0.05, 0) is 40.9 Å². The van der Waals surface area contributed by atoms with E-state index >= 15 is 0 Å². The van der Waals surface area contributed by atoms with Crippen molar-refractivity contribution in [2.75, 3.05) is 0 Å².